The van der Waals surface area contributed by atoms with E-state index in [0.717, 1.165) is 5.82 Å². The molecule has 0 aliphatic carbocycles. The van der Waals surface area contributed by atoms with Crippen molar-refractivity contribution in [3.8, 4) is 11.6 Å². The molecule has 0 radical (unpaired) electrons. The summed E-state index contributed by atoms with van der Waals surface area (Å²) in [5, 5.41) is 4.41. The van der Waals surface area contributed by atoms with Gasteiger partial charge in [0.05, 0.1) is 12.9 Å². The number of hydrogen-bond acceptors (Lipinski definition) is 7. The number of nitrogen functional groups attached to an aromatic ring is 1. The van der Waals surface area contributed by atoms with Crippen LogP contribution in [0.4, 0.5) is 11.6 Å². The number of anilines is 2. The van der Waals surface area contributed by atoms with E-state index in [1.165, 1.54) is 15.6 Å². The Morgan fingerprint density at radius 1 is 1.17 bits per heavy atom. The molecule has 0 saturated heterocycles. The van der Waals surface area contributed by atoms with Crippen LogP contribution in [0.3, 0.4) is 0 Å². The van der Waals surface area contributed by atoms with Crippen LogP contribution in [0.1, 0.15) is 18.1 Å². The van der Waals surface area contributed by atoms with Gasteiger partial charge >= 0.3 is 0 Å². The number of nitrogens with zero attached hydrogens (tertiary/aromatic N) is 5. The average molecular weight is 392 g/mol. The highest BCUT2D eigenvalue weighted by atomic mass is 16.5. The van der Waals surface area contributed by atoms with Crippen molar-refractivity contribution < 1.29 is 9.15 Å². The Bertz CT molecular complexity index is 1090. The van der Waals surface area contributed by atoms with E-state index in [1.807, 2.05) is 13.0 Å². The van der Waals surface area contributed by atoms with Crippen LogP contribution in [0.15, 0.2) is 53.1 Å². The summed E-state index contributed by atoms with van der Waals surface area (Å²) in [4.78, 5) is 11.3. The summed E-state index contributed by atoms with van der Waals surface area (Å²) < 4.78 is 12.5. The van der Waals surface area contributed by atoms with E-state index in [4.69, 9.17) is 19.9 Å². The van der Waals surface area contributed by atoms with E-state index >= 15 is 0 Å². The molecule has 0 aliphatic heterocycles. The highest BCUT2D eigenvalue weighted by Crippen LogP contribution is 2.22. The maximum Gasteiger partial charge on any atom is 0.256 e. The zero-order valence-electron chi connectivity index (χ0n) is 16.6. The van der Waals surface area contributed by atoms with Gasteiger partial charge in [0.2, 0.25) is 5.82 Å². The minimum absolute atomic E-state index is 0.428. The first-order chi connectivity index (χ1) is 14.1. The van der Waals surface area contributed by atoms with Gasteiger partial charge in [0.15, 0.2) is 5.76 Å². The van der Waals surface area contributed by atoms with Crippen LogP contribution in [-0.2, 0) is 11.3 Å². The second-order valence-electron chi connectivity index (χ2n) is 6.77. The molecule has 0 bridgehead atoms. The van der Waals surface area contributed by atoms with Crippen LogP contribution in [0.2, 0.25) is 0 Å². The summed E-state index contributed by atoms with van der Waals surface area (Å²) in [6, 6.07) is 13.8. The van der Waals surface area contributed by atoms with Gasteiger partial charge in [-0.15, -0.1) is 5.10 Å². The fourth-order valence-corrected chi connectivity index (χ4v) is 3.17. The second-order valence-corrected chi connectivity index (χ2v) is 6.77. The Morgan fingerprint density at radius 2 is 2.07 bits per heavy atom. The largest absolute Gasteiger partial charge is 0.461 e. The number of aromatic nitrogens is 4. The number of hydrogen-bond donors (Lipinski definition) is 1. The maximum atomic E-state index is 6.27. The summed E-state index contributed by atoms with van der Waals surface area (Å²) >= 11 is 0. The van der Waals surface area contributed by atoms with Crippen molar-refractivity contribution in [2.45, 2.75) is 20.4 Å². The lowest BCUT2D eigenvalue weighted by Crippen LogP contribution is -2.28. The summed E-state index contributed by atoms with van der Waals surface area (Å²) in [6.45, 7) is 6.71. The molecule has 29 heavy (non-hydrogen) atoms. The number of rotatable bonds is 8. The zero-order chi connectivity index (χ0) is 20.2. The van der Waals surface area contributed by atoms with Gasteiger partial charge in [0, 0.05) is 25.8 Å². The summed E-state index contributed by atoms with van der Waals surface area (Å²) in [6.07, 6.45) is 1.58. The Morgan fingerprint density at radius 3 is 2.83 bits per heavy atom. The highest BCUT2D eigenvalue weighted by molar-refractivity contribution is 5.57. The predicted octanol–water partition coefficient (Wildman–Crippen LogP) is 3.32. The Labute approximate surface area is 168 Å². The number of benzene rings is 1. The lowest BCUT2D eigenvalue weighted by Gasteiger charge is -2.24. The fourth-order valence-electron chi connectivity index (χ4n) is 3.17. The van der Waals surface area contributed by atoms with Crippen molar-refractivity contribution in [3.63, 3.8) is 0 Å². The van der Waals surface area contributed by atoms with E-state index in [0.29, 0.717) is 49.5 Å². The van der Waals surface area contributed by atoms with Crippen LogP contribution in [0.25, 0.3) is 17.4 Å². The molecule has 0 spiro atoms. The van der Waals surface area contributed by atoms with Crippen LogP contribution >= 0.6 is 0 Å². The van der Waals surface area contributed by atoms with Gasteiger partial charge in [-0.3, -0.25) is 0 Å². The van der Waals surface area contributed by atoms with Crippen molar-refractivity contribution >= 4 is 17.4 Å². The normalized spacial score (nSPS) is 11.2. The van der Waals surface area contributed by atoms with E-state index < -0.39 is 0 Å². The number of nitrogens with two attached hydrogens (primary N) is 1. The molecular weight excluding hydrogens is 368 g/mol. The van der Waals surface area contributed by atoms with Crippen LogP contribution in [0.5, 0.6) is 0 Å². The topological polar surface area (TPSA) is 94.7 Å². The predicted molar refractivity (Wildman–Crippen MR) is 112 cm³/mol. The first-order valence-corrected chi connectivity index (χ1v) is 9.59. The number of fused-ring (bicyclic) bond motifs is 1. The molecule has 150 valence electrons. The Balaban J connectivity index is 1.68. The molecule has 8 nitrogen and oxygen atoms in total. The fraction of sp³-hybridized carbons (Fsp3) is 0.286. The van der Waals surface area contributed by atoms with Crippen molar-refractivity contribution in [2.75, 3.05) is 30.4 Å². The summed E-state index contributed by atoms with van der Waals surface area (Å²) in [5.41, 5.74) is 8.68. The highest BCUT2D eigenvalue weighted by Gasteiger charge is 2.16. The van der Waals surface area contributed by atoms with Gasteiger partial charge in [-0.25, -0.2) is 0 Å². The molecular formula is C21H24N6O2. The number of aryl methyl sites for hydroxylation is 1. The van der Waals surface area contributed by atoms with Crippen molar-refractivity contribution in [1.29, 1.82) is 0 Å². The van der Waals surface area contributed by atoms with Gasteiger partial charge in [-0.05, 0) is 31.5 Å². The quantitative estimate of drug-likeness (QED) is 0.460. The maximum absolute atomic E-state index is 6.27. The third-order valence-corrected chi connectivity index (χ3v) is 4.56. The lowest BCUT2D eigenvalue weighted by molar-refractivity contribution is 0.153. The van der Waals surface area contributed by atoms with E-state index in [9.17, 15) is 0 Å². The molecule has 8 heteroatoms. The molecule has 0 saturated carbocycles. The molecule has 4 rings (SSSR count). The van der Waals surface area contributed by atoms with E-state index in [1.54, 1.807) is 18.4 Å². The Kier molecular flexibility index (Phi) is 5.44. The minimum atomic E-state index is 0.428. The Hall–Kier alpha value is -3.39. The average Bonchev–Trinajstić information content (AvgIpc) is 3.37. The summed E-state index contributed by atoms with van der Waals surface area (Å²) in [7, 11) is 0. The van der Waals surface area contributed by atoms with Crippen LogP contribution in [-0.4, -0.2) is 39.3 Å². The smallest absolute Gasteiger partial charge is 0.256 e. The van der Waals surface area contributed by atoms with Gasteiger partial charge in [-0.2, -0.15) is 14.5 Å². The van der Waals surface area contributed by atoms with Crippen molar-refractivity contribution in [3.05, 3.63) is 59.9 Å². The second kappa shape index (κ2) is 8.32. The molecule has 3 aromatic heterocycles. The molecule has 4 aromatic rings. The molecule has 0 fully saturated rings. The van der Waals surface area contributed by atoms with Crippen molar-refractivity contribution in [1.82, 2.24) is 19.6 Å². The third-order valence-electron chi connectivity index (χ3n) is 4.56. The van der Waals surface area contributed by atoms with Gasteiger partial charge in [0.1, 0.15) is 11.6 Å². The lowest BCUT2D eigenvalue weighted by atomic mass is 10.1. The zero-order valence-corrected chi connectivity index (χ0v) is 16.6. The SMILES string of the molecule is CCOCCN(Cc1cccc(C)c1)c1cc(N)n2nc(-c3ccco3)nc2n1. The molecule has 2 N–H and O–H groups in total. The molecule has 3 heterocycles. The van der Waals surface area contributed by atoms with Crippen molar-refractivity contribution in [2.24, 2.45) is 0 Å². The minimum Gasteiger partial charge on any atom is -0.461 e. The molecule has 0 atom stereocenters. The molecule has 1 aromatic carbocycles. The van der Waals surface area contributed by atoms with E-state index in [2.05, 4.69) is 46.2 Å². The third kappa shape index (κ3) is 4.22. The van der Waals surface area contributed by atoms with E-state index in [-0.39, 0.29) is 0 Å². The number of furan rings is 1. The van der Waals surface area contributed by atoms with Gasteiger partial charge in [0.25, 0.3) is 5.78 Å². The summed E-state index contributed by atoms with van der Waals surface area (Å²) in [5.74, 6) is 2.64. The standard InChI is InChI=1S/C21H24N6O2/c1-3-28-11-9-26(14-16-7-4-6-15(2)12-16)19-13-18(22)27-21(23-19)24-20(25-27)17-8-5-10-29-17/h4-8,10,12-13H,3,9,11,14,22H2,1-2H3. The first-order valence-electron chi connectivity index (χ1n) is 9.59. The van der Waals surface area contributed by atoms with Gasteiger partial charge in [-0.1, -0.05) is 29.8 Å². The molecule has 0 aliphatic rings. The molecule has 0 unspecified atom stereocenters. The monoisotopic (exact) mass is 392 g/mol. The molecule has 0 amide bonds. The van der Waals surface area contributed by atoms with Crippen LogP contribution in [0, 0.1) is 6.92 Å². The van der Waals surface area contributed by atoms with Gasteiger partial charge < -0.3 is 19.8 Å². The number of ether oxygens (including phenoxy) is 1. The first kappa shape index (κ1) is 18.9. The van der Waals surface area contributed by atoms with Crippen LogP contribution < -0.4 is 10.6 Å².